The lowest BCUT2D eigenvalue weighted by molar-refractivity contribution is -0.167. The average molecular weight is 807 g/mol. The van der Waals surface area contributed by atoms with Gasteiger partial charge in [0.05, 0.1) is 0 Å². The van der Waals surface area contributed by atoms with Crippen molar-refractivity contribution in [3.8, 4) is 0 Å². The summed E-state index contributed by atoms with van der Waals surface area (Å²) >= 11 is 0. The third-order valence-corrected chi connectivity index (χ3v) is 11.5. The third kappa shape index (κ3) is 45.3. The Labute approximate surface area is 355 Å². The Bertz CT molecular complexity index is 857. The van der Waals surface area contributed by atoms with E-state index in [2.05, 4.69) is 27.7 Å². The lowest BCUT2D eigenvalue weighted by atomic mass is 10.0. The van der Waals surface area contributed by atoms with Crippen molar-refractivity contribution in [3.05, 3.63) is 0 Å². The minimum atomic E-state index is -0.759. The van der Waals surface area contributed by atoms with Crippen molar-refractivity contribution in [3.63, 3.8) is 0 Å². The van der Waals surface area contributed by atoms with Crippen molar-refractivity contribution in [1.29, 1.82) is 0 Å². The summed E-state index contributed by atoms with van der Waals surface area (Å²) in [5, 5.41) is 0. The molecule has 0 unspecified atom stereocenters. The highest BCUT2D eigenvalue weighted by molar-refractivity contribution is 5.71. The molecule has 0 aliphatic heterocycles. The summed E-state index contributed by atoms with van der Waals surface area (Å²) in [5.41, 5.74) is 0. The molecule has 0 radical (unpaired) electrons. The molecule has 0 saturated carbocycles. The predicted octanol–water partition coefficient (Wildman–Crippen LogP) is 16.3. The molecular formula is C51H98O6. The fourth-order valence-electron chi connectivity index (χ4n) is 7.69. The van der Waals surface area contributed by atoms with Crippen LogP contribution in [0.25, 0.3) is 0 Å². The molecule has 6 heteroatoms. The molecule has 0 amide bonds. The lowest BCUT2D eigenvalue weighted by Gasteiger charge is -2.18. The van der Waals surface area contributed by atoms with Crippen molar-refractivity contribution in [2.75, 3.05) is 13.2 Å². The smallest absolute Gasteiger partial charge is 0.306 e. The molecule has 57 heavy (non-hydrogen) atoms. The van der Waals surface area contributed by atoms with Crippen LogP contribution in [0.4, 0.5) is 0 Å². The normalized spacial score (nSPS) is 11.9. The van der Waals surface area contributed by atoms with Gasteiger partial charge in [-0.3, -0.25) is 14.4 Å². The van der Waals surface area contributed by atoms with Gasteiger partial charge in [0.15, 0.2) is 6.10 Å². The van der Waals surface area contributed by atoms with Crippen molar-refractivity contribution < 1.29 is 28.6 Å². The van der Waals surface area contributed by atoms with E-state index in [0.29, 0.717) is 19.3 Å². The van der Waals surface area contributed by atoms with E-state index in [1.54, 1.807) is 0 Å². The first-order valence-corrected chi connectivity index (χ1v) is 25.4. The Kier molecular flexibility index (Phi) is 44.2. The number of unbranched alkanes of at least 4 members (excludes halogenated alkanes) is 33. The Hall–Kier alpha value is -1.59. The summed E-state index contributed by atoms with van der Waals surface area (Å²) in [6.07, 6.45) is 46.6. The van der Waals surface area contributed by atoms with Gasteiger partial charge in [0, 0.05) is 19.3 Å². The van der Waals surface area contributed by atoms with Crippen LogP contribution in [0.15, 0.2) is 0 Å². The molecule has 0 aromatic carbocycles. The maximum atomic E-state index is 12.7. The number of hydrogen-bond donors (Lipinski definition) is 0. The van der Waals surface area contributed by atoms with E-state index >= 15 is 0 Å². The van der Waals surface area contributed by atoms with E-state index < -0.39 is 6.10 Å². The molecule has 0 aliphatic carbocycles. The topological polar surface area (TPSA) is 78.9 Å². The highest BCUT2D eigenvalue weighted by Crippen LogP contribution is 2.17. The number of esters is 3. The molecule has 0 fully saturated rings. The van der Waals surface area contributed by atoms with Crippen LogP contribution in [-0.4, -0.2) is 37.2 Å². The zero-order valence-electron chi connectivity index (χ0n) is 38.8. The maximum absolute atomic E-state index is 12.7. The largest absolute Gasteiger partial charge is 0.462 e. The van der Waals surface area contributed by atoms with Crippen LogP contribution in [-0.2, 0) is 28.6 Å². The fraction of sp³-hybridized carbons (Fsp3) is 0.941. The fourth-order valence-corrected chi connectivity index (χ4v) is 7.69. The zero-order chi connectivity index (χ0) is 41.7. The van der Waals surface area contributed by atoms with Crippen molar-refractivity contribution in [2.45, 2.75) is 291 Å². The van der Waals surface area contributed by atoms with Gasteiger partial charge >= 0.3 is 17.9 Å². The van der Waals surface area contributed by atoms with Gasteiger partial charge in [-0.05, 0) is 25.2 Å². The Morgan fingerprint density at radius 1 is 0.333 bits per heavy atom. The Morgan fingerprint density at radius 3 is 0.860 bits per heavy atom. The molecule has 0 rings (SSSR count). The minimum absolute atomic E-state index is 0.0629. The van der Waals surface area contributed by atoms with E-state index in [4.69, 9.17) is 14.2 Å². The molecule has 0 spiro atoms. The molecule has 0 heterocycles. The molecule has 0 saturated heterocycles. The van der Waals surface area contributed by atoms with Gasteiger partial charge in [0.2, 0.25) is 0 Å². The lowest BCUT2D eigenvalue weighted by Crippen LogP contribution is -2.30. The average Bonchev–Trinajstić information content (AvgIpc) is 3.19. The van der Waals surface area contributed by atoms with Crippen molar-refractivity contribution in [2.24, 2.45) is 5.92 Å². The molecule has 0 aromatic rings. The molecule has 0 aliphatic rings. The first-order valence-electron chi connectivity index (χ1n) is 25.4. The quantitative estimate of drug-likeness (QED) is 0.0346. The molecule has 0 bridgehead atoms. The van der Waals surface area contributed by atoms with E-state index in [9.17, 15) is 14.4 Å². The van der Waals surface area contributed by atoms with Gasteiger partial charge in [0.1, 0.15) is 13.2 Å². The number of carbonyl (C=O) groups excluding carboxylic acids is 3. The Morgan fingerprint density at radius 2 is 0.579 bits per heavy atom. The predicted molar refractivity (Wildman–Crippen MR) is 243 cm³/mol. The minimum Gasteiger partial charge on any atom is -0.462 e. The van der Waals surface area contributed by atoms with Gasteiger partial charge in [0.25, 0.3) is 0 Å². The molecular weight excluding hydrogens is 709 g/mol. The summed E-state index contributed by atoms with van der Waals surface area (Å²) in [4.78, 5) is 37.8. The first kappa shape index (κ1) is 55.4. The third-order valence-electron chi connectivity index (χ3n) is 11.5. The van der Waals surface area contributed by atoms with Crippen LogP contribution < -0.4 is 0 Å². The summed E-state index contributed by atoms with van der Waals surface area (Å²) in [5.74, 6) is 0.000704. The SMILES string of the molecule is CCCCCCCCCCCCCCC(=O)O[C@H](COC(=O)CCCCCCCCCCC)COC(=O)CCCCCCCCCCCCCCCCCC(C)C. The summed E-state index contributed by atoms with van der Waals surface area (Å²) < 4.78 is 16.8. The van der Waals surface area contributed by atoms with Crippen molar-refractivity contribution in [1.82, 2.24) is 0 Å². The summed E-state index contributed by atoms with van der Waals surface area (Å²) in [7, 11) is 0. The second-order valence-electron chi connectivity index (χ2n) is 17.9. The maximum Gasteiger partial charge on any atom is 0.306 e. The van der Waals surface area contributed by atoms with Crippen LogP contribution in [0, 0.1) is 5.92 Å². The van der Waals surface area contributed by atoms with Gasteiger partial charge in [-0.25, -0.2) is 0 Å². The van der Waals surface area contributed by atoms with Crippen LogP contribution in [0.3, 0.4) is 0 Å². The van der Waals surface area contributed by atoms with E-state index in [1.165, 1.54) is 180 Å². The van der Waals surface area contributed by atoms with Crippen LogP contribution in [0.2, 0.25) is 0 Å². The molecule has 338 valence electrons. The number of rotatable bonds is 46. The number of ether oxygens (including phenoxy) is 3. The molecule has 0 N–H and O–H groups in total. The van der Waals surface area contributed by atoms with E-state index in [-0.39, 0.29) is 31.1 Å². The number of hydrogen-bond acceptors (Lipinski definition) is 6. The number of carbonyl (C=O) groups is 3. The molecule has 1 atom stereocenters. The van der Waals surface area contributed by atoms with E-state index in [1.807, 2.05) is 0 Å². The second-order valence-corrected chi connectivity index (χ2v) is 17.9. The van der Waals surface area contributed by atoms with Crippen LogP contribution >= 0.6 is 0 Å². The first-order chi connectivity index (χ1) is 27.9. The highest BCUT2D eigenvalue weighted by Gasteiger charge is 2.19. The van der Waals surface area contributed by atoms with Gasteiger partial charge < -0.3 is 14.2 Å². The molecule has 0 aromatic heterocycles. The standard InChI is InChI=1S/C51H98O6/c1-5-7-9-11-13-15-16-23-28-32-36-40-44-51(54)57-48(45-55-49(52)42-38-34-30-25-14-12-10-8-6-2)46-56-50(53)43-39-35-31-27-24-21-19-17-18-20-22-26-29-33-37-41-47(3)4/h47-48H,5-46H2,1-4H3/t48-/m1/s1. The van der Waals surface area contributed by atoms with E-state index in [0.717, 1.165) is 63.7 Å². The van der Waals surface area contributed by atoms with Crippen LogP contribution in [0.5, 0.6) is 0 Å². The van der Waals surface area contributed by atoms with Gasteiger partial charge in [-0.15, -0.1) is 0 Å². The summed E-state index contributed by atoms with van der Waals surface area (Å²) in [6.45, 7) is 9.01. The zero-order valence-corrected chi connectivity index (χ0v) is 38.8. The summed E-state index contributed by atoms with van der Waals surface area (Å²) in [6, 6.07) is 0. The molecule has 6 nitrogen and oxygen atoms in total. The van der Waals surface area contributed by atoms with Gasteiger partial charge in [-0.2, -0.15) is 0 Å². The highest BCUT2D eigenvalue weighted by atomic mass is 16.6. The van der Waals surface area contributed by atoms with Crippen molar-refractivity contribution >= 4 is 17.9 Å². The second kappa shape index (κ2) is 45.5. The van der Waals surface area contributed by atoms with Gasteiger partial charge in [-0.1, -0.05) is 246 Å². The van der Waals surface area contributed by atoms with Crippen LogP contribution in [0.1, 0.15) is 285 Å². The monoisotopic (exact) mass is 807 g/mol. The Balaban J connectivity index is 4.23.